The van der Waals surface area contributed by atoms with Crippen LogP contribution in [-0.4, -0.2) is 81.9 Å². The lowest BCUT2D eigenvalue weighted by Gasteiger charge is -2.36. The quantitative estimate of drug-likeness (QED) is 0.635. The third-order valence-corrected chi connectivity index (χ3v) is 8.57. The fraction of sp³-hybridized carbons (Fsp3) is 0.458. The van der Waals surface area contributed by atoms with Gasteiger partial charge in [-0.15, -0.1) is 0 Å². The number of piperazine rings is 1. The molecule has 0 radical (unpaired) electrons. The average Bonchev–Trinajstić information content (AvgIpc) is 3.42. The number of rotatable bonds is 4. The number of aryl methyl sites for hydroxylation is 2. The minimum atomic E-state index is -3.39. The minimum Gasteiger partial charge on any atom is -0.447 e. The number of cyclic esters (lactones) is 1. The number of hydrogen-bond acceptors (Lipinski definition) is 7. The van der Waals surface area contributed by atoms with E-state index >= 15 is 0 Å². The molecule has 0 bridgehead atoms. The van der Waals surface area contributed by atoms with Gasteiger partial charge in [-0.25, -0.2) is 18.2 Å². The van der Waals surface area contributed by atoms with E-state index < -0.39 is 16.1 Å². The summed E-state index contributed by atoms with van der Waals surface area (Å²) < 4.78 is 31.4. The van der Waals surface area contributed by atoms with Gasteiger partial charge in [0.1, 0.15) is 12.4 Å². The Labute approximate surface area is 205 Å². The predicted molar refractivity (Wildman–Crippen MR) is 133 cm³/mol. The molecular formula is C24H29N5O5S. The van der Waals surface area contributed by atoms with Gasteiger partial charge in [-0.3, -0.25) is 14.0 Å². The van der Waals surface area contributed by atoms with E-state index in [1.54, 1.807) is 23.1 Å². The molecule has 186 valence electrons. The van der Waals surface area contributed by atoms with Gasteiger partial charge in [-0.1, -0.05) is 6.07 Å². The van der Waals surface area contributed by atoms with E-state index in [0.29, 0.717) is 62.6 Å². The molecule has 3 aliphatic heterocycles. The maximum Gasteiger partial charge on any atom is 0.414 e. The summed E-state index contributed by atoms with van der Waals surface area (Å²) in [5, 5.41) is 0. The van der Waals surface area contributed by atoms with E-state index in [0.717, 1.165) is 16.9 Å². The summed E-state index contributed by atoms with van der Waals surface area (Å²) in [7, 11) is -3.39. The summed E-state index contributed by atoms with van der Waals surface area (Å²) in [6.45, 7) is 7.28. The molecule has 0 N–H and O–H groups in total. The Balaban J connectivity index is 1.40. The lowest BCUT2D eigenvalue weighted by atomic mass is 10.1. The molecule has 0 aliphatic carbocycles. The highest BCUT2D eigenvalue weighted by atomic mass is 32.2. The van der Waals surface area contributed by atoms with Crippen LogP contribution in [-0.2, 0) is 14.8 Å². The second kappa shape index (κ2) is 9.03. The second-order valence-electron chi connectivity index (χ2n) is 9.14. The van der Waals surface area contributed by atoms with Crippen molar-refractivity contribution in [3.8, 4) is 0 Å². The Morgan fingerprint density at radius 2 is 1.80 bits per heavy atom. The monoisotopic (exact) mass is 499 g/mol. The van der Waals surface area contributed by atoms with Crippen LogP contribution >= 0.6 is 0 Å². The fourth-order valence-electron chi connectivity index (χ4n) is 4.95. The highest BCUT2D eigenvalue weighted by Crippen LogP contribution is 2.33. The number of aromatic nitrogens is 1. The molecule has 1 aromatic heterocycles. The molecule has 0 atom stereocenters. The Kier molecular flexibility index (Phi) is 6.04. The van der Waals surface area contributed by atoms with Crippen molar-refractivity contribution in [1.82, 2.24) is 9.88 Å². The van der Waals surface area contributed by atoms with Crippen LogP contribution in [0.2, 0.25) is 0 Å². The molecule has 3 aliphatic rings. The number of amides is 2. The molecular weight excluding hydrogens is 470 g/mol. The maximum absolute atomic E-state index is 13.6. The third kappa shape index (κ3) is 4.40. The van der Waals surface area contributed by atoms with Gasteiger partial charge in [-0.2, -0.15) is 0 Å². The number of carbonyl (C=O) groups is 2. The molecule has 2 aromatic rings. The molecule has 0 unspecified atom stereocenters. The first kappa shape index (κ1) is 23.4. The molecule has 3 saturated heterocycles. The third-order valence-electron chi connectivity index (χ3n) is 6.70. The summed E-state index contributed by atoms with van der Waals surface area (Å²) in [4.78, 5) is 35.9. The molecule has 35 heavy (non-hydrogen) atoms. The summed E-state index contributed by atoms with van der Waals surface area (Å²) in [6.07, 6.45) is 1.86. The van der Waals surface area contributed by atoms with E-state index in [4.69, 9.17) is 4.74 Å². The van der Waals surface area contributed by atoms with Gasteiger partial charge < -0.3 is 14.5 Å². The summed E-state index contributed by atoms with van der Waals surface area (Å²) >= 11 is 0. The van der Waals surface area contributed by atoms with Gasteiger partial charge in [0.15, 0.2) is 0 Å². The number of anilines is 3. The van der Waals surface area contributed by atoms with Crippen LogP contribution in [0.15, 0.2) is 30.5 Å². The number of hydrogen-bond donors (Lipinski definition) is 0. The Bertz CT molecular complexity index is 1270. The van der Waals surface area contributed by atoms with Crippen molar-refractivity contribution in [2.45, 2.75) is 20.3 Å². The highest BCUT2D eigenvalue weighted by Gasteiger charge is 2.34. The zero-order valence-electron chi connectivity index (χ0n) is 19.9. The molecule has 5 rings (SSSR count). The number of nitrogens with zero attached hydrogens (tertiary/aromatic N) is 5. The fourth-order valence-corrected chi connectivity index (χ4v) is 6.51. The largest absolute Gasteiger partial charge is 0.447 e. The summed E-state index contributed by atoms with van der Waals surface area (Å²) in [5.41, 5.74) is 3.42. The summed E-state index contributed by atoms with van der Waals surface area (Å²) in [5.74, 6) is 0.831. The van der Waals surface area contributed by atoms with E-state index in [9.17, 15) is 18.0 Å². The maximum atomic E-state index is 13.6. The molecule has 0 saturated carbocycles. The van der Waals surface area contributed by atoms with Crippen LogP contribution in [0.3, 0.4) is 0 Å². The number of benzene rings is 1. The minimum absolute atomic E-state index is 0.0916. The van der Waals surface area contributed by atoms with E-state index in [-0.39, 0.29) is 18.3 Å². The van der Waals surface area contributed by atoms with Crippen molar-refractivity contribution in [3.63, 3.8) is 0 Å². The van der Waals surface area contributed by atoms with Gasteiger partial charge in [-0.05, 0) is 49.6 Å². The van der Waals surface area contributed by atoms with Crippen LogP contribution in [0.25, 0.3) is 0 Å². The Hall–Kier alpha value is -3.34. The first-order valence-electron chi connectivity index (χ1n) is 11.8. The molecule has 4 heterocycles. The molecule has 11 heteroatoms. The molecule has 3 fully saturated rings. The molecule has 2 amide bonds. The second-order valence-corrected chi connectivity index (χ2v) is 11.2. The number of ether oxygens (including phenoxy) is 1. The standard InChI is InChI=1S/C24H29N5O5S/c1-17-14-18(2)22(25-16-17)26-7-9-27(10-8-26)23(30)20-5-4-19(29-6-3-13-35(29,32)33)15-21(20)28-11-12-34-24(28)31/h4-5,14-16H,3,6-13H2,1-2H3. The van der Waals surface area contributed by atoms with Gasteiger partial charge in [0, 0.05) is 38.9 Å². The average molecular weight is 500 g/mol. The predicted octanol–water partition coefficient (Wildman–Crippen LogP) is 2.16. The van der Waals surface area contributed by atoms with Crippen LogP contribution in [0, 0.1) is 13.8 Å². The first-order valence-corrected chi connectivity index (χ1v) is 13.4. The first-order chi connectivity index (χ1) is 16.7. The van der Waals surface area contributed by atoms with Crippen LogP contribution in [0.1, 0.15) is 27.9 Å². The zero-order chi connectivity index (χ0) is 24.7. The van der Waals surface area contributed by atoms with Gasteiger partial charge in [0.05, 0.1) is 29.2 Å². The Morgan fingerprint density at radius 3 is 2.43 bits per heavy atom. The lowest BCUT2D eigenvalue weighted by Crippen LogP contribution is -2.49. The van der Waals surface area contributed by atoms with Crippen LogP contribution in [0.4, 0.5) is 22.0 Å². The highest BCUT2D eigenvalue weighted by molar-refractivity contribution is 7.93. The van der Waals surface area contributed by atoms with Crippen molar-refractivity contribution in [3.05, 3.63) is 47.2 Å². The molecule has 10 nitrogen and oxygen atoms in total. The normalized spacial score (nSPS) is 19.9. The molecule has 0 spiro atoms. The van der Waals surface area contributed by atoms with E-state index in [1.807, 2.05) is 20.0 Å². The van der Waals surface area contributed by atoms with E-state index in [2.05, 4.69) is 16.0 Å². The van der Waals surface area contributed by atoms with Gasteiger partial charge in [0.2, 0.25) is 10.0 Å². The van der Waals surface area contributed by atoms with E-state index in [1.165, 1.54) is 9.21 Å². The number of carbonyl (C=O) groups excluding carboxylic acids is 2. The van der Waals surface area contributed by atoms with Crippen molar-refractivity contribution in [1.29, 1.82) is 0 Å². The number of sulfonamides is 1. The van der Waals surface area contributed by atoms with Gasteiger partial charge >= 0.3 is 6.09 Å². The smallest absolute Gasteiger partial charge is 0.414 e. The SMILES string of the molecule is Cc1cnc(N2CCN(C(=O)c3ccc(N4CCCS4(=O)=O)cc3N3CCOC3=O)CC2)c(C)c1. The lowest BCUT2D eigenvalue weighted by molar-refractivity contribution is 0.0747. The topological polar surface area (TPSA) is 103 Å². The van der Waals surface area contributed by atoms with Crippen molar-refractivity contribution in [2.75, 3.05) is 65.7 Å². The van der Waals surface area contributed by atoms with Crippen molar-refractivity contribution in [2.24, 2.45) is 0 Å². The van der Waals surface area contributed by atoms with Crippen LogP contribution < -0.4 is 14.1 Å². The van der Waals surface area contributed by atoms with Crippen molar-refractivity contribution < 1.29 is 22.7 Å². The Morgan fingerprint density at radius 1 is 1.03 bits per heavy atom. The zero-order valence-corrected chi connectivity index (χ0v) is 20.8. The van der Waals surface area contributed by atoms with Crippen LogP contribution in [0.5, 0.6) is 0 Å². The number of pyridine rings is 1. The summed E-state index contributed by atoms with van der Waals surface area (Å²) in [6, 6.07) is 7.00. The van der Waals surface area contributed by atoms with Crippen molar-refractivity contribution >= 4 is 39.2 Å². The van der Waals surface area contributed by atoms with Gasteiger partial charge in [0.25, 0.3) is 5.91 Å². The molecule has 1 aromatic carbocycles.